The molecule has 1 aliphatic carbocycles. The molecule has 1 N–H and O–H groups in total. The number of aliphatic imine (C=N–C) groups is 1. The van der Waals surface area contributed by atoms with E-state index in [1.807, 2.05) is 27.7 Å². The zero-order valence-corrected chi connectivity index (χ0v) is 26.5. The average Bonchev–Trinajstić information content (AvgIpc) is 3.38. The molecule has 0 amide bonds. The molecule has 41 heavy (non-hydrogen) atoms. The molecule has 8 heteroatoms. The number of nitriles is 1. The fourth-order valence-corrected chi connectivity index (χ4v) is 6.10. The number of benzene rings is 1. The van der Waals surface area contributed by atoms with Crippen molar-refractivity contribution in [3.8, 4) is 11.8 Å². The summed E-state index contributed by atoms with van der Waals surface area (Å²) in [5, 5.41) is 25.0. The van der Waals surface area contributed by atoms with E-state index in [4.69, 9.17) is 14.8 Å². The summed E-state index contributed by atoms with van der Waals surface area (Å²) in [6.07, 6.45) is 1.60. The standard InChI is InChI=1S/C33H45N5O3/c1-18-14-22(31(3,4)5)26(23(15-18)32(6,7)8)41-29(40)25-21(17-34)27-36-30(33(9,10)11)37-38(27)28(25)35-24-13-12-20(39)16-19(24)2/h12-13,16,18,22-23,26,39H,14-15H2,1-11H3. The third-order valence-corrected chi connectivity index (χ3v) is 8.47. The molecule has 4 rings (SSSR count). The number of carbonyl (C=O) groups excluding carboxylic acids is 1. The van der Waals surface area contributed by atoms with Crippen LogP contribution >= 0.6 is 0 Å². The molecule has 220 valence electrons. The van der Waals surface area contributed by atoms with Crippen LogP contribution in [0.15, 0.2) is 28.8 Å². The third kappa shape index (κ3) is 5.95. The molecule has 2 aromatic rings. The van der Waals surface area contributed by atoms with Crippen LogP contribution in [0.4, 0.5) is 5.69 Å². The summed E-state index contributed by atoms with van der Waals surface area (Å²) in [4.78, 5) is 23.8. The van der Waals surface area contributed by atoms with Crippen molar-refractivity contribution in [2.75, 3.05) is 0 Å². The number of aromatic hydroxyl groups is 1. The van der Waals surface area contributed by atoms with E-state index in [2.05, 4.69) is 59.5 Å². The number of carbonyl (C=O) groups is 1. The van der Waals surface area contributed by atoms with Gasteiger partial charge in [0, 0.05) is 17.3 Å². The zero-order valence-electron chi connectivity index (χ0n) is 26.5. The molecule has 1 aromatic heterocycles. The number of phenols is 1. The van der Waals surface area contributed by atoms with Crippen molar-refractivity contribution >= 4 is 23.1 Å². The van der Waals surface area contributed by atoms with E-state index in [0.717, 1.165) is 18.4 Å². The number of allylic oxidation sites excluding steroid dienone is 1. The van der Waals surface area contributed by atoms with Crippen molar-refractivity contribution in [3.63, 3.8) is 0 Å². The first-order valence-corrected chi connectivity index (χ1v) is 14.5. The second-order valence-corrected chi connectivity index (χ2v) is 15.1. The van der Waals surface area contributed by atoms with Crippen LogP contribution in [-0.4, -0.2) is 37.8 Å². The molecular weight excluding hydrogens is 514 g/mol. The predicted molar refractivity (Wildman–Crippen MR) is 161 cm³/mol. The predicted octanol–water partition coefficient (Wildman–Crippen LogP) is 7.13. The molecule has 0 radical (unpaired) electrons. The zero-order chi connectivity index (χ0) is 30.7. The van der Waals surface area contributed by atoms with Gasteiger partial charge in [-0.1, -0.05) is 69.2 Å². The summed E-state index contributed by atoms with van der Waals surface area (Å²) >= 11 is 0. The number of aromatic nitrogens is 3. The van der Waals surface area contributed by atoms with Crippen molar-refractivity contribution in [3.05, 3.63) is 41.0 Å². The van der Waals surface area contributed by atoms with E-state index in [1.165, 1.54) is 4.68 Å². The van der Waals surface area contributed by atoms with Gasteiger partial charge in [-0.2, -0.15) is 9.94 Å². The Hall–Kier alpha value is -3.47. The number of ether oxygens (including phenoxy) is 1. The van der Waals surface area contributed by atoms with Gasteiger partial charge in [0.2, 0.25) is 0 Å². The van der Waals surface area contributed by atoms with Crippen LogP contribution in [0.3, 0.4) is 0 Å². The number of rotatable bonds is 3. The molecule has 0 saturated heterocycles. The highest BCUT2D eigenvalue weighted by Gasteiger charge is 2.49. The summed E-state index contributed by atoms with van der Waals surface area (Å²) in [5.41, 5.74) is 0.911. The van der Waals surface area contributed by atoms with Crippen molar-refractivity contribution < 1.29 is 14.6 Å². The maximum Gasteiger partial charge on any atom is 0.343 e. The lowest BCUT2D eigenvalue weighted by atomic mass is 9.59. The Balaban J connectivity index is 1.88. The van der Waals surface area contributed by atoms with Gasteiger partial charge in [0.05, 0.1) is 5.69 Å². The van der Waals surface area contributed by atoms with Gasteiger partial charge in [-0.15, -0.1) is 5.10 Å². The number of hydrogen-bond donors (Lipinski definition) is 1. The number of phenolic OH excluding ortho intramolecular Hbond substituents is 1. The lowest BCUT2D eigenvalue weighted by Crippen LogP contribution is -2.49. The Bertz CT molecular complexity index is 1430. The average molecular weight is 560 g/mol. The lowest BCUT2D eigenvalue weighted by Gasteiger charge is -2.50. The van der Waals surface area contributed by atoms with Crippen LogP contribution in [0.5, 0.6) is 5.75 Å². The minimum atomic E-state index is -0.579. The van der Waals surface area contributed by atoms with Gasteiger partial charge in [0.1, 0.15) is 29.1 Å². The first kappa shape index (κ1) is 30.5. The highest BCUT2D eigenvalue weighted by molar-refractivity contribution is 6.29. The van der Waals surface area contributed by atoms with E-state index in [-0.39, 0.29) is 62.7 Å². The van der Waals surface area contributed by atoms with Gasteiger partial charge < -0.3 is 9.84 Å². The van der Waals surface area contributed by atoms with E-state index in [0.29, 0.717) is 17.4 Å². The summed E-state index contributed by atoms with van der Waals surface area (Å²) in [5.74, 6) is 1.39. The lowest BCUT2D eigenvalue weighted by molar-refractivity contribution is -0.164. The molecule has 1 saturated carbocycles. The largest absolute Gasteiger partial charge is 0.508 e. The third-order valence-electron chi connectivity index (χ3n) is 8.47. The van der Waals surface area contributed by atoms with E-state index in [9.17, 15) is 15.2 Å². The van der Waals surface area contributed by atoms with Gasteiger partial charge in [-0.25, -0.2) is 14.8 Å². The minimum Gasteiger partial charge on any atom is -0.508 e. The molecular formula is C33H45N5O3. The monoisotopic (exact) mass is 559 g/mol. The summed E-state index contributed by atoms with van der Waals surface area (Å²) in [6, 6.07) is 7.05. The molecule has 1 aliphatic heterocycles. The van der Waals surface area contributed by atoms with Crippen LogP contribution in [-0.2, 0) is 14.9 Å². The quantitative estimate of drug-likeness (QED) is 0.400. The first-order chi connectivity index (χ1) is 18.8. The van der Waals surface area contributed by atoms with Gasteiger partial charge >= 0.3 is 5.97 Å². The summed E-state index contributed by atoms with van der Waals surface area (Å²) in [7, 11) is 0. The van der Waals surface area contributed by atoms with Crippen molar-refractivity contribution in [1.29, 1.82) is 5.26 Å². The number of esters is 1. The van der Waals surface area contributed by atoms with Crippen molar-refractivity contribution in [1.82, 2.24) is 14.8 Å². The maximum absolute atomic E-state index is 14.3. The number of nitrogens with zero attached hydrogens (tertiary/aromatic N) is 5. The Kier molecular flexibility index (Phi) is 7.75. The molecule has 2 aliphatic rings. The molecule has 1 aromatic carbocycles. The van der Waals surface area contributed by atoms with E-state index >= 15 is 0 Å². The molecule has 0 spiro atoms. The molecule has 0 bridgehead atoms. The van der Waals surface area contributed by atoms with Crippen LogP contribution < -0.4 is 0 Å². The fourth-order valence-electron chi connectivity index (χ4n) is 6.10. The Morgan fingerprint density at radius 2 is 1.66 bits per heavy atom. The molecule has 2 heterocycles. The maximum atomic E-state index is 14.3. The number of aryl methyl sites for hydroxylation is 1. The Labute approximate surface area is 244 Å². The van der Waals surface area contributed by atoms with Crippen LogP contribution in [0.25, 0.3) is 5.57 Å². The second kappa shape index (κ2) is 10.4. The second-order valence-electron chi connectivity index (χ2n) is 15.1. The SMILES string of the molecule is Cc1cc(O)ccc1N=C1C(C(=O)OC2C(C(C)(C)C)CC(C)CC2C(C)(C)C)=C(C#N)c2nc(C(C)(C)C)nn21. The molecule has 2 atom stereocenters. The van der Waals surface area contributed by atoms with Gasteiger partial charge in [0.25, 0.3) is 0 Å². The van der Waals surface area contributed by atoms with Crippen LogP contribution in [0.1, 0.15) is 99.3 Å². The van der Waals surface area contributed by atoms with E-state index < -0.39 is 5.97 Å². The Morgan fingerprint density at radius 1 is 1.07 bits per heavy atom. The first-order valence-electron chi connectivity index (χ1n) is 14.5. The molecule has 2 unspecified atom stereocenters. The normalized spacial score (nSPS) is 24.4. The topological polar surface area (TPSA) is 113 Å². The minimum absolute atomic E-state index is 0.0781. The van der Waals surface area contributed by atoms with Gasteiger partial charge in [-0.3, -0.25) is 0 Å². The van der Waals surface area contributed by atoms with Crippen LogP contribution in [0, 0.1) is 46.8 Å². The highest BCUT2D eigenvalue weighted by atomic mass is 16.5. The number of fused-ring (bicyclic) bond motifs is 1. The highest BCUT2D eigenvalue weighted by Crippen LogP contribution is 2.50. The number of hydrogen-bond acceptors (Lipinski definition) is 7. The van der Waals surface area contributed by atoms with Gasteiger partial charge in [-0.05, 0) is 60.3 Å². The van der Waals surface area contributed by atoms with Crippen molar-refractivity contribution in [2.45, 2.75) is 101 Å². The van der Waals surface area contributed by atoms with Gasteiger partial charge in [0.15, 0.2) is 17.5 Å². The molecule has 1 fully saturated rings. The Morgan fingerprint density at radius 3 is 2.15 bits per heavy atom. The molecule has 8 nitrogen and oxygen atoms in total. The van der Waals surface area contributed by atoms with Crippen molar-refractivity contribution in [2.24, 2.45) is 33.6 Å². The smallest absolute Gasteiger partial charge is 0.343 e. The summed E-state index contributed by atoms with van der Waals surface area (Å²) in [6.45, 7) is 23.3. The summed E-state index contributed by atoms with van der Waals surface area (Å²) < 4.78 is 8.01. The van der Waals surface area contributed by atoms with Crippen LogP contribution in [0.2, 0.25) is 0 Å². The fraction of sp³-hybridized carbons (Fsp3) is 0.606. The van der Waals surface area contributed by atoms with E-state index in [1.54, 1.807) is 18.2 Å².